The maximum absolute atomic E-state index is 13.1. The van der Waals surface area contributed by atoms with E-state index in [2.05, 4.69) is 15.6 Å². The first kappa shape index (κ1) is 27.2. The van der Waals surface area contributed by atoms with E-state index in [1.165, 1.54) is 0 Å². The van der Waals surface area contributed by atoms with E-state index in [9.17, 15) is 29.4 Å². The number of carbonyl (C=O) groups excluding carboxylic acids is 3. The molecule has 2 aromatic rings. The van der Waals surface area contributed by atoms with Crippen molar-refractivity contribution in [1.29, 1.82) is 0 Å². The molecule has 0 spiro atoms. The highest BCUT2D eigenvalue weighted by Gasteiger charge is 2.38. The van der Waals surface area contributed by atoms with Crippen molar-refractivity contribution in [2.24, 2.45) is 11.7 Å². The molecule has 11 heteroatoms. The monoisotopic (exact) mass is 501 g/mol. The number of nitrogens with one attached hydrogen (secondary N) is 3. The lowest BCUT2D eigenvalue weighted by atomic mass is 10.0. The molecule has 3 rings (SSSR count). The van der Waals surface area contributed by atoms with E-state index in [0.29, 0.717) is 12.8 Å². The third-order valence-electron chi connectivity index (χ3n) is 6.41. The van der Waals surface area contributed by atoms with Gasteiger partial charge in [0.2, 0.25) is 17.7 Å². The van der Waals surface area contributed by atoms with Gasteiger partial charge < -0.3 is 36.5 Å². The zero-order valence-electron chi connectivity index (χ0n) is 20.6. The number of aromatic amines is 1. The van der Waals surface area contributed by atoms with Gasteiger partial charge in [0.1, 0.15) is 18.1 Å². The van der Waals surface area contributed by atoms with Crippen molar-refractivity contribution in [3.63, 3.8) is 0 Å². The molecule has 1 fully saturated rings. The first-order chi connectivity index (χ1) is 17.1. The van der Waals surface area contributed by atoms with Crippen LogP contribution in [0.5, 0.6) is 0 Å². The molecule has 4 atom stereocenters. The number of aromatic nitrogens is 1. The molecule has 0 saturated carbocycles. The molecule has 1 saturated heterocycles. The number of aliphatic carboxylic acids is 1. The molecule has 0 aliphatic carbocycles. The number of nitrogens with two attached hydrogens (primary N) is 1. The van der Waals surface area contributed by atoms with Crippen LogP contribution in [0.2, 0.25) is 0 Å². The summed E-state index contributed by atoms with van der Waals surface area (Å²) in [5, 5.41) is 25.3. The summed E-state index contributed by atoms with van der Waals surface area (Å²) >= 11 is 0. The van der Waals surface area contributed by atoms with Gasteiger partial charge in [-0.3, -0.25) is 14.4 Å². The minimum Gasteiger partial charge on any atom is -0.480 e. The van der Waals surface area contributed by atoms with E-state index < -0.39 is 54.5 Å². The number of carboxylic acids is 1. The van der Waals surface area contributed by atoms with E-state index >= 15 is 0 Å². The zero-order chi connectivity index (χ0) is 26.4. The van der Waals surface area contributed by atoms with Gasteiger partial charge in [-0.25, -0.2) is 4.79 Å². The molecule has 36 heavy (non-hydrogen) atoms. The molecule has 0 bridgehead atoms. The van der Waals surface area contributed by atoms with Crippen LogP contribution in [-0.4, -0.2) is 81.1 Å². The summed E-state index contributed by atoms with van der Waals surface area (Å²) in [4.78, 5) is 54.6. The van der Waals surface area contributed by atoms with Gasteiger partial charge in [0.05, 0.1) is 12.6 Å². The quantitative estimate of drug-likeness (QED) is 0.253. The number of fused-ring (bicyclic) bond motifs is 1. The maximum atomic E-state index is 13.1. The number of amides is 3. The largest absolute Gasteiger partial charge is 0.480 e. The minimum atomic E-state index is -1.32. The van der Waals surface area contributed by atoms with E-state index in [1.54, 1.807) is 6.20 Å². The van der Waals surface area contributed by atoms with Gasteiger partial charge in [-0.2, -0.15) is 0 Å². The molecule has 1 aromatic carbocycles. The third-order valence-corrected chi connectivity index (χ3v) is 6.41. The fourth-order valence-corrected chi connectivity index (χ4v) is 4.56. The van der Waals surface area contributed by atoms with Crippen molar-refractivity contribution in [3.8, 4) is 0 Å². The number of hydrogen-bond acceptors (Lipinski definition) is 6. The lowest BCUT2D eigenvalue weighted by molar-refractivity contribution is -0.150. The SMILES string of the molecule is CC(C)CC(NC(=O)C(N)Cc1c[nH]c2ccccc12)C(=O)NC(CO)C(=O)N1CCCC1C(=O)O. The summed E-state index contributed by atoms with van der Waals surface area (Å²) in [7, 11) is 0. The number of aliphatic hydroxyl groups excluding tert-OH is 1. The van der Waals surface area contributed by atoms with Crippen molar-refractivity contribution in [3.05, 3.63) is 36.0 Å². The fourth-order valence-electron chi connectivity index (χ4n) is 4.56. The van der Waals surface area contributed by atoms with Crippen LogP contribution in [0.25, 0.3) is 10.9 Å². The van der Waals surface area contributed by atoms with Crippen LogP contribution in [0.3, 0.4) is 0 Å². The first-order valence-corrected chi connectivity index (χ1v) is 12.2. The number of nitrogens with zero attached hydrogens (tertiary/aromatic N) is 1. The Kier molecular flexibility index (Phi) is 9.05. The van der Waals surface area contributed by atoms with Gasteiger partial charge in [0, 0.05) is 23.6 Å². The van der Waals surface area contributed by atoms with Crippen molar-refractivity contribution in [2.75, 3.05) is 13.2 Å². The third kappa shape index (κ3) is 6.41. The van der Waals surface area contributed by atoms with Crippen molar-refractivity contribution in [2.45, 2.75) is 63.7 Å². The van der Waals surface area contributed by atoms with Gasteiger partial charge in [-0.1, -0.05) is 32.0 Å². The predicted octanol–water partition coefficient (Wildman–Crippen LogP) is 0.121. The fraction of sp³-hybridized carbons (Fsp3) is 0.520. The highest BCUT2D eigenvalue weighted by atomic mass is 16.4. The van der Waals surface area contributed by atoms with Crippen LogP contribution < -0.4 is 16.4 Å². The summed E-state index contributed by atoms with van der Waals surface area (Å²) in [6.45, 7) is 3.30. The summed E-state index contributed by atoms with van der Waals surface area (Å²) in [6, 6.07) is 3.45. The number of benzene rings is 1. The molecule has 1 aliphatic rings. The summed E-state index contributed by atoms with van der Waals surface area (Å²) in [6.07, 6.45) is 3.18. The average Bonchev–Trinajstić information content (AvgIpc) is 3.49. The molecule has 0 radical (unpaired) electrons. The van der Waals surface area contributed by atoms with Crippen molar-refractivity contribution < 1.29 is 29.4 Å². The summed E-state index contributed by atoms with van der Waals surface area (Å²) < 4.78 is 0. The van der Waals surface area contributed by atoms with Crippen LogP contribution in [-0.2, 0) is 25.6 Å². The number of hydrogen-bond donors (Lipinski definition) is 6. The lowest BCUT2D eigenvalue weighted by Crippen LogP contribution is -2.58. The molecule has 7 N–H and O–H groups in total. The van der Waals surface area contributed by atoms with E-state index in [4.69, 9.17) is 5.73 Å². The standard InChI is InChI=1S/C25H35N5O6/c1-14(2)10-19(23(33)29-20(13-31)24(34)30-9-5-8-21(30)25(35)36)28-22(32)17(26)11-15-12-27-18-7-4-3-6-16(15)18/h3-4,6-7,12,14,17,19-21,27,31H,5,8-11,13,26H2,1-2H3,(H,28,32)(H,29,33)(H,35,36). The number of carbonyl (C=O) groups is 4. The summed E-state index contributed by atoms with van der Waals surface area (Å²) in [5.41, 5.74) is 7.97. The second-order valence-corrected chi connectivity index (χ2v) is 9.63. The Hall–Kier alpha value is -3.44. The van der Waals surface area contributed by atoms with Crippen LogP contribution in [0, 0.1) is 5.92 Å². The number of rotatable bonds is 11. The molecular formula is C25H35N5O6. The lowest BCUT2D eigenvalue weighted by Gasteiger charge is -2.28. The van der Waals surface area contributed by atoms with Crippen molar-refractivity contribution >= 4 is 34.6 Å². The minimum absolute atomic E-state index is 0.0316. The Bertz CT molecular complexity index is 1100. The molecule has 4 unspecified atom stereocenters. The Morgan fingerprint density at radius 3 is 2.50 bits per heavy atom. The number of aliphatic hydroxyl groups is 1. The molecule has 1 aromatic heterocycles. The maximum Gasteiger partial charge on any atom is 0.326 e. The van der Waals surface area contributed by atoms with Gasteiger partial charge in [0.15, 0.2) is 0 Å². The normalized spacial score (nSPS) is 18.1. The predicted molar refractivity (Wildman–Crippen MR) is 133 cm³/mol. The summed E-state index contributed by atoms with van der Waals surface area (Å²) in [5.74, 6) is -2.92. The Balaban J connectivity index is 1.66. The topological polar surface area (TPSA) is 178 Å². The van der Waals surface area contributed by atoms with Crippen LogP contribution in [0.4, 0.5) is 0 Å². The second-order valence-electron chi connectivity index (χ2n) is 9.63. The van der Waals surface area contributed by atoms with Crippen molar-refractivity contribution in [1.82, 2.24) is 20.5 Å². The second kappa shape index (κ2) is 12.0. The van der Waals surface area contributed by atoms with Gasteiger partial charge >= 0.3 is 5.97 Å². The molecule has 196 valence electrons. The molecule has 1 aliphatic heterocycles. The smallest absolute Gasteiger partial charge is 0.326 e. The Morgan fingerprint density at radius 1 is 1.14 bits per heavy atom. The number of para-hydroxylation sites is 1. The Morgan fingerprint density at radius 2 is 1.83 bits per heavy atom. The van der Waals surface area contributed by atoms with E-state index in [0.717, 1.165) is 21.4 Å². The Labute approximate surface area is 209 Å². The average molecular weight is 502 g/mol. The molecular weight excluding hydrogens is 466 g/mol. The van der Waals surface area contributed by atoms with E-state index in [-0.39, 0.29) is 25.3 Å². The number of H-pyrrole nitrogens is 1. The highest BCUT2D eigenvalue weighted by molar-refractivity contribution is 5.94. The molecule has 2 heterocycles. The first-order valence-electron chi connectivity index (χ1n) is 12.2. The van der Waals surface area contributed by atoms with Crippen LogP contribution in [0.1, 0.15) is 38.7 Å². The van der Waals surface area contributed by atoms with Crippen LogP contribution >= 0.6 is 0 Å². The number of likely N-dealkylation sites (tertiary alicyclic amines) is 1. The molecule has 3 amide bonds. The van der Waals surface area contributed by atoms with Gasteiger partial charge in [0.25, 0.3) is 0 Å². The van der Waals surface area contributed by atoms with E-state index in [1.807, 2.05) is 38.1 Å². The van der Waals surface area contributed by atoms with Gasteiger partial charge in [-0.15, -0.1) is 0 Å². The zero-order valence-corrected chi connectivity index (χ0v) is 20.6. The van der Waals surface area contributed by atoms with Crippen LogP contribution in [0.15, 0.2) is 30.5 Å². The number of carboxylic acid groups (broad SMARTS) is 1. The van der Waals surface area contributed by atoms with Gasteiger partial charge in [-0.05, 0) is 43.2 Å². The molecule has 11 nitrogen and oxygen atoms in total. The highest BCUT2D eigenvalue weighted by Crippen LogP contribution is 2.20.